The van der Waals surface area contributed by atoms with Gasteiger partial charge in [0, 0.05) is 18.6 Å². The van der Waals surface area contributed by atoms with Crippen molar-refractivity contribution >= 4 is 18.0 Å². The van der Waals surface area contributed by atoms with Gasteiger partial charge in [-0.1, -0.05) is 0 Å². The van der Waals surface area contributed by atoms with Crippen molar-refractivity contribution < 1.29 is 42.5 Å². The monoisotopic (exact) mass is 270 g/mol. The van der Waals surface area contributed by atoms with E-state index in [1.807, 2.05) is 12.1 Å². The summed E-state index contributed by atoms with van der Waals surface area (Å²) in [6.07, 6.45) is 2.25. The number of hydrogen-bond acceptors (Lipinski definition) is 5. The zero-order chi connectivity index (χ0) is 11.7. The Balaban J connectivity index is 0. The van der Waals surface area contributed by atoms with Gasteiger partial charge < -0.3 is 4.55 Å². The Morgan fingerprint density at radius 1 is 1.06 bits per heavy atom. The molecular formula is C8H12N2NaO3PS. The Hall–Kier alpha value is 0.320. The fraction of sp³-hybridized carbons (Fsp3) is 0.750. The standard InChI is InChI=1S/C8H13N2O3PS.Na/c9-3-1-5-14(6-2-4-10)7-8-15(11,12)13;/h1-2,5-8H2,(H,11,12,13);/q;+1/p-1. The van der Waals surface area contributed by atoms with Crippen LogP contribution < -0.4 is 29.6 Å². The second-order valence-corrected chi connectivity index (χ2v) is 7.13. The van der Waals surface area contributed by atoms with Gasteiger partial charge in [-0.2, -0.15) is 10.5 Å². The van der Waals surface area contributed by atoms with Crippen LogP contribution >= 0.6 is 7.92 Å². The van der Waals surface area contributed by atoms with Gasteiger partial charge >= 0.3 is 29.6 Å². The smallest absolute Gasteiger partial charge is 0.748 e. The van der Waals surface area contributed by atoms with Gasteiger partial charge in [-0.15, -0.1) is 7.92 Å². The van der Waals surface area contributed by atoms with Crippen LogP contribution in [0, 0.1) is 22.7 Å². The molecule has 0 aromatic carbocycles. The molecule has 0 aliphatic heterocycles. The maximum absolute atomic E-state index is 10.4. The molecule has 0 aromatic heterocycles. The second kappa shape index (κ2) is 10.5. The Labute approximate surface area is 120 Å². The fourth-order valence-electron chi connectivity index (χ4n) is 0.993. The van der Waals surface area contributed by atoms with Crippen molar-refractivity contribution in [3.63, 3.8) is 0 Å². The minimum atomic E-state index is -4.17. The molecule has 0 aromatic rings. The maximum Gasteiger partial charge on any atom is 1.00 e. The van der Waals surface area contributed by atoms with Gasteiger partial charge in [0.1, 0.15) is 0 Å². The molecule has 0 bridgehead atoms. The molecule has 16 heavy (non-hydrogen) atoms. The maximum atomic E-state index is 10.4. The first kappa shape index (κ1) is 18.7. The van der Waals surface area contributed by atoms with Gasteiger partial charge in [-0.3, -0.25) is 0 Å². The summed E-state index contributed by atoms with van der Waals surface area (Å²) >= 11 is 0. The molecule has 0 unspecified atom stereocenters. The van der Waals surface area contributed by atoms with Gasteiger partial charge in [0.05, 0.1) is 22.3 Å². The second-order valence-electron chi connectivity index (χ2n) is 2.92. The van der Waals surface area contributed by atoms with E-state index < -0.39 is 18.0 Å². The first-order chi connectivity index (χ1) is 6.99. The topological polar surface area (TPSA) is 105 Å². The molecule has 0 atom stereocenters. The van der Waals surface area contributed by atoms with E-state index in [1.54, 1.807) is 0 Å². The largest absolute Gasteiger partial charge is 1.00 e. The van der Waals surface area contributed by atoms with Crippen LogP contribution in [0.1, 0.15) is 12.8 Å². The molecule has 0 spiro atoms. The van der Waals surface area contributed by atoms with Gasteiger partial charge in [-0.05, 0) is 18.5 Å². The van der Waals surface area contributed by atoms with E-state index in [4.69, 9.17) is 10.5 Å². The first-order valence-electron chi connectivity index (χ1n) is 4.39. The van der Waals surface area contributed by atoms with Gasteiger partial charge in [0.25, 0.3) is 0 Å². The molecule has 0 radical (unpaired) electrons. The quantitative estimate of drug-likeness (QED) is 0.298. The molecule has 0 saturated heterocycles. The molecule has 5 nitrogen and oxygen atoms in total. The summed E-state index contributed by atoms with van der Waals surface area (Å²) in [5.41, 5.74) is 0. The van der Waals surface area contributed by atoms with Crippen LogP contribution in [0.3, 0.4) is 0 Å². The molecule has 0 aliphatic carbocycles. The van der Waals surface area contributed by atoms with Crippen LogP contribution in [0.5, 0.6) is 0 Å². The van der Waals surface area contributed by atoms with Crippen LogP contribution in [0.15, 0.2) is 0 Å². The van der Waals surface area contributed by atoms with Crippen LogP contribution in [0.2, 0.25) is 0 Å². The zero-order valence-electron chi connectivity index (χ0n) is 9.22. The van der Waals surface area contributed by atoms with Crippen molar-refractivity contribution in [1.29, 1.82) is 10.5 Å². The number of nitrogens with zero attached hydrogens (tertiary/aromatic N) is 2. The fourth-order valence-corrected chi connectivity index (χ4v) is 4.42. The van der Waals surface area contributed by atoms with E-state index in [-0.39, 0.29) is 35.3 Å². The van der Waals surface area contributed by atoms with Crippen LogP contribution in [0.25, 0.3) is 0 Å². The van der Waals surface area contributed by atoms with E-state index in [2.05, 4.69) is 0 Å². The third-order valence-corrected chi connectivity index (χ3v) is 5.31. The molecule has 0 saturated carbocycles. The molecule has 0 heterocycles. The van der Waals surface area contributed by atoms with Gasteiger partial charge in [0.15, 0.2) is 0 Å². The normalized spacial score (nSPS) is 10.2. The Morgan fingerprint density at radius 3 is 1.81 bits per heavy atom. The summed E-state index contributed by atoms with van der Waals surface area (Å²) in [6, 6.07) is 3.95. The average molecular weight is 270 g/mol. The predicted molar refractivity (Wildman–Crippen MR) is 56.5 cm³/mol. The van der Waals surface area contributed by atoms with Crippen molar-refractivity contribution in [2.45, 2.75) is 12.8 Å². The van der Waals surface area contributed by atoms with Crippen LogP contribution in [0.4, 0.5) is 0 Å². The van der Waals surface area contributed by atoms with E-state index in [0.717, 1.165) is 0 Å². The van der Waals surface area contributed by atoms with Crippen LogP contribution in [-0.4, -0.2) is 37.2 Å². The zero-order valence-corrected chi connectivity index (χ0v) is 12.9. The summed E-state index contributed by atoms with van der Waals surface area (Å²) in [6.45, 7) is 0. The van der Waals surface area contributed by atoms with Gasteiger partial charge in [-0.25, -0.2) is 8.42 Å². The van der Waals surface area contributed by atoms with E-state index in [1.165, 1.54) is 0 Å². The minimum Gasteiger partial charge on any atom is -0.748 e. The third kappa shape index (κ3) is 12.4. The Bertz CT molecular complexity index is 342. The summed E-state index contributed by atoms with van der Waals surface area (Å²) in [5.74, 6) is -0.379. The molecule has 0 aliphatic rings. The molecule has 0 N–H and O–H groups in total. The first-order valence-corrected chi connectivity index (χ1v) is 7.87. The molecule has 8 heteroatoms. The SMILES string of the molecule is N#CCCP(CCC#N)CCS(=O)(=O)[O-].[Na+]. The Kier molecular flexibility index (Phi) is 12.2. The van der Waals surface area contributed by atoms with Gasteiger partial charge in [0.2, 0.25) is 0 Å². The summed E-state index contributed by atoms with van der Waals surface area (Å²) < 4.78 is 31.2. The van der Waals surface area contributed by atoms with E-state index >= 15 is 0 Å². The van der Waals surface area contributed by atoms with Crippen molar-refractivity contribution in [3.8, 4) is 12.1 Å². The number of nitriles is 2. The van der Waals surface area contributed by atoms with E-state index in [0.29, 0.717) is 31.3 Å². The Morgan fingerprint density at radius 2 is 1.50 bits per heavy atom. The van der Waals surface area contributed by atoms with Crippen LogP contribution in [-0.2, 0) is 10.1 Å². The van der Waals surface area contributed by atoms with E-state index in [9.17, 15) is 13.0 Å². The van der Waals surface area contributed by atoms with Crippen molar-refractivity contribution in [3.05, 3.63) is 0 Å². The average Bonchev–Trinajstić information content (AvgIpc) is 2.15. The summed E-state index contributed by atoms with van der Waals surface area (Å²) in [5, 5.41) is 16.8. The van der Waals surface area contributed by atoms with Crippen molar-refractivity contribution in [2.24, 2.45) is 0 Å². The molecule has 0 fully saturated rings. The van der Waals surface area contributed by atoms with Crippen molar-refractivity contribution in [1.82, 2.24) is 0 Å². The molecular weight excluding hydrogens is 258 g/mol. The molecule has 0 amide bonds. The van der Waals surface area contributed by atoms with Crippen molar-refractivity contribution in [2.75, 3.05) is 24.2 Å². The minimum absolute atomic E-state index is 0. The number of rotatable bonds is 7. The molecule has 84 valence electrons. The summed E-state index contributed by atoms with van der Waals surface area (Å²) in [7, 11) is -4.83. The predicted octanol–water partition coefficient (Wildman–Crippen LogP) is -2.16. The summed E-state index contributed by atoms with van der Waals surface area (Å²) in [4.78, 5) is 0. The third-order valence-electron chi connectivity index (χ3n) is 1.74. The molecule has 0 rings (SSSR count). The number of hydrogen-bond donors (Lipinski definition) is 0.